The third-order valence-corrected chi connectivity index (χ3v) is 8.04. The van der Waals surface area contributed by atoms with Crippen LogP contribution in [0.25, 0.3) is 0 Å². The summed E-state index contributed by atoms with van der Waals surface area (Å²) in [6.07, 6.45) is 19.9. The van der Waals surface area contributed by atoms with E-state index in [9.17, 15) is 0 Å². The van der Waals surface area contributed by atoms with Gasteiger partial charge < -0.3 is 0 Å². The van der Waals surface area contributed by atoms with E-state index in [0.29, 0.717) is 0 Å². The molecule has 2 unspecified atom stereocenters. The van der Waals surface area contributed by atoms with Crippen LogP contribution in [0.1, 0.15) is 104 Å². The highest BCUT2D eigenvalue weighted by Gasteiger charge is 2.22. The number of pyridine rings is 1. The second-order valence-corrected chi connectivity index (χ2v) is 9.95. The molecule has 0 aromatic carbocycles. The van der Waals surface area contributed by atoms with Gasteiger partial charge in [0.05, 0.1) is 0 Å². The zero-order valence-corrected chi connectivity index (χ0v) is 19.1. The van der Waals surface area contributed by atoms with Crippen LogP contribution in [0.5, 0.6) is 0 Å². The Hall–Kier alpha value is -0.150. The summed E-state index contributed by atoms with van der Waals surface area (Å²) in [5, 5.41) is 1.95. The third-order valence-electron chi connectivity index (χ3n) is 5.12. The summed E-state index contributed by atoms with van der Waals surface area (Å²) < 4.78 is 0. The summed E-state index contributed by atoms with van der Waals surface area (Å²) in [5.41, 5.74) is 0. The van der Waals surface area contributed by atoms with Gasteiger partial charge in [-0.05, 0) is 48.1 Å². The molecular weight excluding hydrogens is 354 g/mol. The maximum Gasteiger partial charge on any atom is 0.106 e. The molecule has 1 rings (SSSR count). The Morgan fingerprint density at radius 2 is 1.42 bits per heavy atom. The lowest BCUT2D eigenvalue weighted by atomic mass is 9.89. The quantitative estimate of drug-likeness (QED) is 0.193. The SMILES string of the molecule is CCCCCCC(CCCC)C(CCCCCC)SSc1ccccn1. The van der Waals surface area contributed by atoms with E-state index in [0.717, 1.165) is 16.2 Å². The smallest absolute Gasteiger partial charge is 0.106 e. The first-order chi connectivity index (χ1) is 12.8. The van der Waals surface area contributed by atoms with Crippen LogP contribution in [-0.4, -0.2) is 10.2 Å². The monoisotopic (exact) mass is 395 g/mol. The Morgan fingerprint density at radius 3 is 2.04 bits per heavy atom. The van der Waals surface area contributed by atoms with Crippen molar-refractivity contribution in [1.82, 2.24) is 4.98 Å². The Balaban J connectivity index is 2.60. The molecule has 2 atom stereocenters. The summed E-state index contributed by atoms with van der Waals surface area (Å²) in [5.74, 6) is 0.884. The van der Waals surface area contributed by atoms with Crippen molar-refractivity contribution in [3.63, 3.8) is 0 Å². The van der Waals surface area contributed by atoms with E-state index in [2.05, 4.69) is 48.7 Å². The average molecular weight is 396 g/mol. The molecule has 150 valence electrons. The molecule has 0 spiro atoms. The van der Waals surface area contributed by atoms with Gasteiger partial charge in [-0.15, -0.1) is 0 Å². The van der Waals surface area contributed by atoms with Crippen LogP contribution in [0.15, 0.2) is 29.4 Å². The molecule has 0 fully saturated rings. The molecule has 0 amide bonds. The van der Waals surface area contributed by atoms with E-state index in [-0.39, 0.29) is 0 Å². The van der Waals surface area contributed by atoms with Crippen molar-refractivity contribution >= 4 is 21.6 Å². The van der Waals surface area contributed by atoms with Gasteiger partial charge in [-0.1, -0.05) is 102 Å². The molecule has 0 bridgehead atoms. The first-order valence-corrected chi connectivity index (χ1v) is 13.3. The van der Waals surface area contributed by atoms with Gasteiger partial charge in [-0.3, -0.25) is 0 Å². The fraction of sp³-hybridized carbons (Fsp3) is 0.783. The lowest BCUT2D eigenvalue weighted by Crippen LogP contribution is -2.17. The predicted molar refractivity (Wildman–Crippen MR) is 122 cm³/mol. The minimum Gasteiger partial charge on any atom is -0.249 e. The second-order valence-electron chi connectivity index (χ2n) is 7.49. The van der Waals surface area contributed by atoms with Crippen molar-refractivity contribution in [1.29, 1.82) is 0 Å². The highest BCUT2D eigenvalue weighted by atomic mass is 33.1. The molecule has 0 aliphatic rings. The molecule has 26 heavy (non-hydrogen) atoms. The lowest BCUT2D eigenvalue weighted by molar-refractivity contribution is 0.383. The molecule has 3 heteroatoms. The van der Waals surface area contributed by atoms with Crippen LogP contribution in [0.3, 0.4) is 0 Å². The first-order valence-electron chi connectivity index (χ1n) is 11.1. The molecule has 0 saturated heterocycles. The van der Waals surface area contributed by atoms with Crippen LogP contribution in [0.4, 0.5) is 0 Å². The Bertz CT molecular complexity index is 410. The van der Waals surface area contributed by atoms with E-state index in [1.807, 2.05) is 23.1 Å². The van der Waals surface area contributed by atoms with Gasteiger partial charge in [0.15, 0.2) is 0 Å². The predicted octanol–water partition coefficient (Wildman–Crippen LogP) is 8.94. The maximum atomic E-state index is 4.51. The number of hydrogen-bond donors (Lipinski definition) is 0. The van der Waals surface area contributed by atoms with E-state index in [1.165, 1.54) is 83.5 Å². The molecule has 0 aliphatic carbocycles. The topological polar surface area (TPSA) is 12.9 Å². The number of unbranched alkanes of at least 4 members (excludes halogenated alkanes) is 7. The van der Waals surface area contributed by atoms with Crippen LogP contribution in [0.2, 0.25) is 0 Å². The Morgan fingerprint density at radius 1 is 0.769 bits per heavy atom. The normalized spacial score (nSPS) is 13.7. The van der Waals surface area contributed by atoms with Crippen LogP contribution in [0, 0.1) is 5.92 Å². The van der Waals surface area contributed by atoms with Crippen molar-refractivity contribution < 1.29 is 0 Å². The molecule has 0 radical (unpaired) electrons. The molecule has 0 saturated carbocycles. The number of aromatic nitrogens is 1. The van der Waals surface area contributed by atoms with Crippen molar-refractivity contribution in [2.75, 3.05) is 0 Å². The number of hydrogen-bond acceptors (Lipinski definition) is 3. The van der Waals surface area contributed by atoms with Gasteiger partial charge in [0.25, 0.3) is 0 Å². The van der Waals surface area contributed by atoms with Crippen molar-refractivity contribution in [3.8, 4) is 0 Å². The van der Waals surface area contributed by atoms with Crippen LogP contribution >= 0.6 is 21.6 Å². The summed E-state index contributed by atoms with van der Waals surface area (Å²) in [7, 11) is 4.01. The molecule has 1 heterocycles. The standard InChI is InChI=1S/C23H41NS2/c1-4-7-10-12-17-21(16-9-6-3)22(18-13-11-8-5-2)25-26-23-19-14-15-20-24-23/h14-15,19-22H,4-13,16-18H2,1-3H3. The second kappa shape index (κ2) is 17.0. The van der Waals surface area contributed by atoms with Gasteiger partial charge in [-0.2, -0.15) is 0 Å². The van der Waals surface area contributed by atoms with E-state index >= 15 is 0 Å². The fourth-order valence-corrected chi connectivity index (χ4v) is 6.33. The summed E-state index contributed by atoms with van der Waals surface area (Å²) in [6.45, 7) is 6.95. The molecule has 0 N–H and O–H groups in total. The van der Waals surface area contributed by atoms with Crippen LogP contribution < -0.4 is 0 Å². The molecule has 1 aromatic heterocycles. The van der Waals surface area contributed by atoms with Gasteiger partial charge in [-0.25, -0.2) is 4.98 Å². The molecular formula is C23H41NS2. The summed E-state index contributed by atoms with van der Waals surface area (Å²) in [6, 6.07) is 6.26. The molecule has 0 aliphatic heterocycles. The largest absolute Gasteiger partial charge is 0.249 e. The van der Waals surface area contributed by atoms with Gasteiger partial charge in [0.1, 0.15) is 5.03 Å². The van der Waals surface area contributed by atoms with Crippen LogP contribution in [-0.2, 0) is 0 Å². The van der Waals surface area contributed by atoms with Crippen molar-refractivity contribution in [2.24, 2.45) is 5.92 Å². The zero-order valence-electron chi connectivity index (χ0n) is 17.4. The minimum absolute atomic E-state index is 0.784. The Kier molecular flexibility index (Phi) is 15.6. The summed E-state index contributed by atoms with van der Waals surface area (Å²) in [4.78, 5) is 4.51. The molecule has 1 nitrogen and oxygen atoms in total. The number of nitrogens with zero attached hydrogens (tertiary/aromatic N) is 1. The van der Waals surface area contributed by atoms with Gasteiger partial charge in [0, 0.05) is 11.4 Å². The van der Waals surface area contributed by atoms with Crippen molar-refractivity contribution in [3.05, 3.63) is 24.4 Å². The minimum atomic E-state index is 0.784. The van der Waals surface area contributed by atoms with E-state index in [1.54, 1.807) is 0 Å². The van der Waals surface area contributed by atoms with Gasteiger partial charge in [0.2, 0.25) is 0 Å². The van der Waals surface area contributed by atoms with E-state index < -0.39 is 0 Å². The zero-order chi connectivity index (χ0) is 18.9. The van der Waals surface area contributed by atoms with E-state index in [4.69, 9.17) is 0 Å². The maximum absolute atomic E-state index is 4.51. The first kappa shape index (κ1) is 23.9. The highest BCUT2D eigenvalue weighted by molar-refractivity contribution is 8.76. The average Bonchev–Trinajstić information content (AvgIpc) is 2.68. The van der Waals surface area contributed by atoms with Crippen molar-refractivity contribution in [2.45, 2.75) is 115 Å². The Labute approximate surface area is 171 Å². The lowest BCUT2D eigenvalue weighted by Gasteiger charge is -2.26. The third kappa shape index (κ3) is 11.5. The fourth-order valence-electron chi connectivity index (χ4n) is 3.46. The summed E-state index contributed by atoms with van der Waals surface area (Å²) >= 11 is 0. The molecule has 1 aromatic rings. The highest BCUT2D eigenvalue weighted by Crippen LogP contribution is 2.41. The van der Waals surface area contributed by atoms with Gasteiger partial charge >= 0.3 is 0 Å². The number of rotatable bonds is 17.